The Bertz CT molecular complexity index is 724. The maximum absolute atomic E-state index is 12.7. The number of nitrogens with one attached hydrogen (secondary N) is 2. The van der Waals surface area contributed by atoms with E-state index in [9.17, 15) is 9.59 Å². The third kappa shape index (κ3) is 5.33. The van der Waals surface area contributed by atoms with Gasteiger partial charge in [-0.25, -0.2) is 0 Å². The maximum atomic E-state index is 12.7. The Balaban J connectivity index is 2.10. The van der Waals surface area contributed by atoms with Gasteiger partial charge in [-0.15, -0.1) is 0 Å². The number of halogens is 1. The molecular formula is C20H23ClN2O2. The predicted molar refractivity (Wildman–Crippen MR) is 102 cm³/mol. The van der Waals surface area contributed by atoms with Crippen molar-refractivity contribution < 1.29 is 9.59 Å². The summed E-state index contributed by atoms with van der Waals surface area (Å²) >= 11 is 5.94. The summed E-state index contributed by atoms with van der Waals surface area (Å²) in [5.41, 5.74) is 2.55. The Morgan fingerprint density at radius 1 is 1.00 bits per heavy atom. The smallest absolute Gasteiger partial charge is 0.232 e. The quantitative estimate of drug-likeness (QED) is 0.819. The second kappa shape index (κ2) is 8.67. The van der Waals surface area contributed by atoms with Crippen LogP contribution in [-0.4, -0.2) is 18.9 Å². The molecule has 2 aromatic carbocycles. The van der Waals surface area contributed by atoms with Gasteiger partial charge in [0.15, 0.2) is 0 Å². The second-order valence-electron chi connectivity index (χ2n) is 6.31. The highest BCUT2D eigenvalue weighted by Gasteiger charge is 2.24. The largest absolute Gasteiger partial charge is 0.359 e. The lowest BCUT2D eigenvalue weighted by Crippen LogP contribution is -2.25. The molecule has 0 aliphatic heterocycles. The number of rotatable bonds is 6. The first-order chi connectivity index (χ1) is 11.9. The average molecular weight is 359 g/mol. The number of amides is 2. The first-order valence-corrected chi connectivity index (χ1v) is 8.64. The van der Waals surface area contributed by atoms with E-state index in [0.717, 1.165) is 11.1 Å². The van der Waals surface area contributed by atoms with Crippen molar-refractivity contribution in [3.8, 4) is 0 Å². The molecule has 0 aliphatic carbocycles. The molecular weight excluding hydrogens is 336 g/mol. The maximum Gasteiger partial charge on any atom is 0.232 e. The summed E-state index contributed by atoms with van der Waals surface area (Å²) in [5.74, 6) is -0.215. The summed E-state index contributed by atoms with van der Waals surface area (Å²) in [6.45, 7) is 4.04. The van der Waals surface area contributed by atoms with Crippen molar-refractivity contribution in [1.82, 2.24) is 5.32 Å². The summed E-state index contributed by atoms with van der Waals surface area (Å²) in [4.78, 5) is 24.1. The minimum atomic E-state index is -0.261. The van der Waals surface area contributed by atoms with Crippen LogP contribution < -0.4 is 10.6 Å². The van der Waals surface area contributed by atoms with Crippen LogP contribution in [0.3, 0.4) is 0 Å². The second-order valence-corrected chi connectivity index (χ2v) is 6.75. The van der Waals surface area contributed by atoms with E-state index < -0.39 is 0 Å². The third-order valence-electron chi connectivity index (χ3n) is 4.04. The highest BCUT2D eigenvalue weighted by molar-refractivity contribution is 6.30. The zero-order chi connectivity index (χ0) is 18.4. The van der Waals surface area contributed by atoms with Gasteiger partial charge in [0.1, 0.15) is 0 Å². The summed E-state index contributed by atoms with van der Waals surface area (Å²) in [6, 6.07) is 14.7. The molecule has 1 unspecified atom stereocenters. The lowest BCUT2D eigenvalue weighted by molar-refractivity contribution is -0.120. The van der Waals surface area contributed by atoms with Gasteiger partial charge in [-0.3, -0.25) is 9.59 Å². The first-order valence-electron chi connectivity index (χ1n) is 8.26. The van der Waals surface area contributed by atoms with E-state index in [1.807, 2.05) is 50.2 Å². The number of hydrogen-bond donors (Lipinski definition) is 2. The number of benzene rings is 2. The lowest BCUT2D eigenvalue weighted by Gasteiger charge is -2.21. The SMILES string of the molecule is CNC(=O)Cc1ccc(NC(=O)C(c2ccc(Cl)cc2)C(C)C)cc1. The van der Waals surface area contributed by atoms with Crippen LogP contribution in [0.15, 0.2) is 48.5 Å². The Hall–Kier alpha value is -2.33. The summed E-state index contributed by atoms with van der Waals surface area (Å²) in [6.07, 6.45) is 0.324. The van der Waals surface area contributed by atoms with Gasteiger partial charge in [-0.1, -0.05) is 49.7 Å². The van der Waals surface area contributed by atoms with E-state index in [-0.39, 0.29) is 23.7 Å². The van der Waals surface area contributed by atoms with E-state index in [2.05, 4.69) is 10.6 Å². The summed E-state index contributed by atoms with van der Waals surface area (Å²) in [5, 5.41) is 6.20. The molecule has 25 heavy (non-hydrogen) atoms. The first kappa shape index (κ1) is 19.0. The Labute approximate surface area is 153 Å². The molecule has 132 valence electrons. The summed E-state index contributed by atoms with van der Waals surface area (Å²) < 4.78 is 0. The predicted octanol–water partition coefficient (Wildman–Crippen LogP) is 4.01. The molecule has 2 N–H and O–H groups in total. The lowest BCUT2D eigenvalue weighted by atomic mass is 9.87. The van der Waals surface area contributed by atoms with Crippen molar-refractivity contribution in [2.45, 2.75) is 26.2 Å². The van der Waals surface area contributed by atoms with Crippen molar-refractivity contribution in [2.75, 3.05) is 12.4 Å². The van der Waals surface area contributed by atoms with Crippen molar-refractivity contribution in [3.05, 3.63) is 64.7 Å². The standard InChI is InChI=1S/C20H23ClN2O2/c1-13(2)19(15-6-8-16(21)9-7-15)20(25)23-17-10-4-14(5-11-17)12-18(24)22-3/h4-11,13,19H,12H2,1-3H3,(H,22,24)(H,23,25). The summed E-state index contributed by atoms with van der Waals surface area (Å²) in [7, 11) is 1.61. The fourth-order valence-corrected chi connectivity index (χ4v) is 2.83. The fourth-order valence-electron chi connectivity index (χ4n) is 2.71. The molecule has 2 rings (SSSR count). The molecule has 0 aromatic heterocycles. The van der Waals surface area contributed by atoms with E-state index in [1.165, 1.54) is 0 Å². The molecule has 5 heteroatoms. The van der Waals surface area contributed by atoms with Crippen LogP contribution in [0.4, 0.5) is 5.69 Å². The van der Waals surface area contributed by atoms with Gasteiger partial charge in [-0.05, 0) is 41.3 Å². The van der Waals surface area contributed by atoms with Gasteiger partial charge in [0.05, 0.1) is 12.3 Å². The zero-order valence-corrected chi connectivity index (χ0v) is 15.4. The van der Waals surface area contributed by atoms with Gasteiger partial charge >= 0.3 is 0 Å². The average Bonchev–Trinajstić information content (AvgIpc) is 2.58. The van der Waals surface area contributed by atoms with Gasteiger partial charge in [-0.2, -0.15) is 0 Å². The van der Waals surface area contributed by atoms with E-state index in [0.29, 0.717) is 17.1 Å². The molecule has 0 spiro atoms. The number of carbonyl (C=O) groups is 2. The molecule has 2 amide bonds. The number of likely N-dealkylation sites (N-methyl/N-ethyl adjacent to an activating group) is 1. The van der Waals surface area contributed by atoms with Crippen LogP contribution in [0.5, 0.6) is 0 Å². The minimum Gasteiger partial charge on any atom is -0.359 e. The van der Waals surface area contributed by atoms with Crippen LogP contribution >= 0.6 is 11.6 Å². The van der Waals surface area contributed by atoms with E-state index in [4.69, 9.17) is 11.6 Å². The molecule has 2 aromatic rings. The molecule has 0 heterocycles. The van der Waals surface area contributed by atoms with Crippen LogP contribution in [-0.2, 0) is 16.0 Å². The van der Waals surface area contributed by atoms with Gasteiger partial charge in [0.25, 0.3) is 0 Å². The monoisotopic (exact) mass is 358 g/mol. The van der Waals surface area contributed by atoms with E-state index in [1.54, 1.807) is 19.2 Å². The Morgan fingerprint density at radius 3 is 2.12 bits per heavy atom. The highest BCUT2D eigenvalue weighted by atomic mass is 35.5. The van der Waals surface area contributed by atoms with Crippen molar-refractivity contribution in [2.24, 2.45) is 5.92 Å². The Kier molecular flexibility index (Phi) is 6.59. The number of anilines is 1. The molecule has 1 atom stereocenters. The fraction of sp³-hybridized carbons (Fsp3) is 0.300. The van der Waals surface area contributed by atoms with Crippen LogP contribution in [0.25, 0.3) is 0 Å². The van der Waals surface area contributed by atoms with Gasteiger partial charge < -0.3 is 10.6 Å². The molecule has 0 bridgehead atoms. The van der Waals surface area contributed by atoms with E-state index >= 15 is 0 Å². The normalized spacial score (nSPS) is 11.9. The van der Waals surface area contributed by atoms with Gasteiger partial charge in [0, 0.05) is 17.8 Å². The van der Waals surface area contributed by atoms with Crippen LogP contribution in [0, 0.1) is 5.92 Å². The van der Waals surface area contributed by atoms with Crippen molar-refractivity contribution in [1.29, 1.82) is 0 Å². The van der Waals surface area contributed by atoms with Crippen molar-refractivity contribution >= 4 is 29.1 Å². The highest BCUT2D eigenvalue weighted by Crippen LogP contribution is 2.27. The van der Waals surface area contributed by atoms with Crippen molar-refractivity contribution in [3.63, 3.8) is 0 Å². The number of carbonyl (C=O) groups excluding carboxylic acids is 2. The topological polar surface area (TPSA) is 58.2 Å². The molecule has 0 saturated heterocycles. The van der Waals surface area contributed by atoms with Crippen LogP contribution in [0.2, 0.25) is 5.02 Å². The molecule has 0 fully saturated rings. The zero-order valence-electron chi connectivity index (χ0n) is 14.7. The molecule has 0 aliphatic rings. The van der Waals surface area contributed by atoms with Crippen LogP contribution in [0.1, 0.15) is 30.9 Å². The molecule has 4 nitrogen and oxygen atoms in total. The number of hydrogen-bond acceptors (Lipinski definition) is 2. The Morgan fingerprint density at radius 2 is 1.60 bits per heavy atom. The molecule has 0 saturated carbocycles. The van der Waals surface area contributed by atoms with Gasteiger partial charge in [0.2, 0.25) is 11.8 Å². The molecule has 0 radical (unpaired) electrons. The minimum absolute atomic E-state index is 0.0422. The third-order valence-corrected chi connectivity index (χ3v) is 4.30.